The van der Waals surface area contributed by atoms with E-state index in [9.17, 15) is 0 Å². The van der Waals surface area contributed by atoms with Crippen LogP contribution in [0.3, 0.4) is 0 Å². The molecule has 0 atom stereocenters. The molecule has 2 aromatic heterocycles. The number of nitrogens with one attached hydrogen (secondary N) is 1. The van der Waals surface area contributed by atoms with Gasteiger partial charge in [0.2, 0.25) is 5.96 Å². The molecule has 5 aromatic rings. The van der Waals surface area contributed by atoms with Crippen LogP contribution < -0.4 is 0 Å². The number of thiophene rings is 1. The van der Waals surface area contributed by atoms with E-state index in [-0.39, 0.29) is 5.96 Å². The maximum absolute atomic E-state index is 8.21. The molecular weight excluding hydrogens is 314 g/mol. The molecule has 0 aliphatic heterocycles. The van der Waals surface area contributed by atoms with Crippen LogP contribution in [0.4, 0.5) is 0 Å². The molecule has 0 amide bonds. The number of hydrogen-bond acceptors (Lipinski definition) is 2. The summed E-state index contributed by atoms with van der Waals surface area (Å²) in [6.45, 7) is 3.53. The molecule has 0 saturated carbocycles. The van der Waals surface area contributed by atoms with Crippen molar-refractivity contribution in [3.05, 3.63) is 60.7 Å². The Labute approximate surface area is 142 Å². The van der Waals surface area contributed by atoms with Crippen LogP contribution >= 0.6 is 11.3 Å². The minimum atomic E-state index is 0.154. The normalized spacial score (nSPS) is 11.7. The molecule has 114 valence electrons. The van der Waals surface area contributed by atoms with E-state index in [1.807, 2.05) is 34.1 Å². The second-order valence-corrected chi connectivity index (χ2v) is 6.82. The Balaban J connectivity index is 2.10. The van der Waals surface area contributed by atoms with E-state index in [0.717, 1.165) is 16.4 Å². The molecule has 3 nitrogen and oxygen atoms in total. The third-order valence-corrected chi connectivity index (χ3v) is 5.75. The standard InChI is InChI=1S/C20H13N3S/c1-22-20(21)23-15-8-4-2-7-14(15)18-16(23)11-10-13-12-6-3-5-9-17(12)24-19(13)18/h2-11,21H,1H2. The molecular formula is C20H13N3S. The van der Waals surface area contributed by atoms with Crippen LogP contribution in [0.2, 0.25) is 0 Å². The van der Waals surface area contributed by atoms with E-state index in [0.29, 0.717) is 0 Å². The first-order valence-corrected chi connectivity index (χ1v) is 8.50. The third kappa shape index (κ3) is 1.61. The zero-order valence-electron chi connectivity index (χ0n) is 12.8. The van der Waals surface area contributed by atoms with Gasteiger partial charge < -0.3 is 0 Å². The number of rotatable bonds is 0. The number of fused-ring (bicyclic) bond motifs is 7. The number of benzene rings is 3. The van der Waals surface area contributed by atoms with Crippen LogP contribution in [-0.4, -0.2) is 17.2 Å². The molecule has 1 N–H and O–H groups in total. The van der Waals surface area contributed by atoms with Gasteiger partial charge in [0.05, 0.1) is 11.0 Å². The largest absolute Gasteiger partial charge is 0.278 e. The van der Waals surface area contributed by atoms with Crippen molar-refractivity contribution in [2.75, 3.05) is 0 Å². The van der Waals surface area contributed by atoms with Gasteiger partial charge in [-0.25, -0.2) is 4.99 Å². The van der Waals surface area contributed by atoms with Crippen LogP contribution in [0.5, 0.6) is 0 Å². The Bertz CT molecular complexity index is 1290. The molecule has 2 heterocycles. The van der Waals surface area contributed by atoms with Crippen LogP contribution in [-0.2, 0) is 0 Å². The molecule has 0 saturated heterocycles. The summed E-state index contributed by atoms with van der Waals surface area (Å²) >= 11 is 1.81. The van der Waals surface area contributed by atoms with E-state index in [2.05, 4.69) is 54.2 Å². The molecule has 3 aromatic carbocycles. The fourth-order valence-corrected chi connectivity index (χ4v) is 4.79. The summed E-state index contributed by atoms with van der Waals surface area (Å²) in [5, 5.41) is 13.1. The highest BCUT2D eigenvalue weighted by molar-refractivity contribution is 7.26. The van der Waals surface area contributed by atoms with Crippen LogP contribution in [0.15, 0.2) is 65.7 Å². The van der Waals surface area contributed by atoms with Crippen LogP contribution in [0, 0.1) is 5.41 Å². The zero-order valence-corrected chi connectivity index (χ0v) is 13.6. The Hall–Kier alpha value is -2.98. The van der Waals surface area contributed by atoms with Crippen LogP contribution in [0.1, 0.15) is 0 Å². The van der Waals surface area contributed by atoms with Gasteiger partial charge in [-0.1, -0.05) is 42.5 Å². The second-order valence-electron chi connectivity index (χ2n) is 5.77. The van der Waals surface area contributed by atoms with Gasteiger partial charge in [0, 0.05) is 30.9 Å². The second kappa shape index (κ2) is 4.76. The lowest BCUT2D eigenvalue weighted by Crippen LogP contribution is -2.06. The van der Waals surface area contributed by atoms with Gasteiger partial charge in [-0.3, -0.25) is 9.98 Å². The van der Waals surface area contributed by atoms with E-state index in [1.54, 1.807) is 0 Å². The van der Waals surface area contributed by atoms with Gasteiger partial charge in [-0.2, -0.15) is 0 Å². The van der Waals surface area contributed by atoms with E-state index < -0.39 is 0 Å². The summed E-state index contributed by atoms with van der Waals surface area (Å²) in [7, 11) is 0. The summed E-state index contributed by atoms with van der Waals surface area (Å²) in [5.41, 5.74) is 2.00. The quantitative estimate of drug-likeness (QED) is 0.282. The maximum atomic E-state index is 8.21. The van der Waals surface area contributed by atoms with Crippen molar-refractivity contribution in [3.63, 3.8) is 0 Å². The minimum Gasteiger partial charge on any atom is -0.278 e. The number of aromatic nitrogens is 1. The Morgan fingerprint density at radius 2 is 1.62 bits per heavy atom. The average Bonchev–Trinajstić information content (AvgIpc) is 3.16. The molecule has 0 unspecified atom stereocenters. The van der Waals surface area contributed by atoms with E-state index in [4.69, 9.17) is 5.41 Å². The maximum Gasteiger partial charge on any atom is 0.226 e. The first-order valence-electron chi connectivity index (χ1n) is 7.68. The van der Waals surface area contributed by atoms with Crippen molar-refractivity contribution in [1.82, 2.24) is 4.57 Å². The van der Waals surface area contributed by atoms with Crippen LogP contribution in [0.25, 0.3) is 42.0 Å². The Kier molecular flexibility index (Phi) is 2.67. The SMILES string of the molecule is C=NC(=N)n1c2ccccc2c2c3sc4ccccc4c3ccc21. The van der Waals surface area contributed by atoms with Crippen molar-refractivity contribution in [2.24, 2.45) is 4.99 Å². The van der Waals surface area contributed by atoms with E-state index in [1.165, 1.54) is 25.6 Å². The first-order chi connectivity index (χ1) is 11.8. The fraction of sp³-hybridized carbons (Fsp3) is 0. The first kappa shape index (κ1) is 13.5. The lowest BCUT2D eigenvalue weighted by atomic mass is 10.1. The van der Waals surface area contributed by atoms with Crippen molar-refractivity contribution >= 4 is 66.0 Å². The number of para-hydroxylation sites is 1. The molecule has 4 heteroatoms. The summed E-state index contributed by atoms with van der Waals surface area (Å²) in [6.07, 6.45) is 0. The molecule has 0 radical (unpaired) electrons. The lowest BCUT2D eigenvalue weighted by molar-refractivity contribution is 1.19. The molecule has 5 rings (SSSR count). The number of nitrogens with zero attached hydrogens (tertiary/aromatic N) is 2. The summed E-state index contributed by atoms with van der Waals surface area (Å²) < 4.78 is 4.43. The third-order valence-electron chi connectivity index (χ3n) is 4.54. The summed E-state index contributed by atoms with van der Waals surface area (Å²) in [5.74, 6) is 0.154. The van der Waals surface area contributed by atoms with Crippen molar-refractivity contribution in [3.8, 4) is 0 Å². The average molecular weight is 327 g/mol. The number of hydrogen-bond donors (Lipinski definition) is 1. The lowest BCUT2D eigenvalue weighted by Gasteiger charge is -2.03. The number of aliphatic imine (C=N–C) groups is 1. The predicted molar refractivity (Wildman–Crippen MR) is 105 cm³/mol. The molecule has 24 heavy (non-hydrogen) atoms. The molecule has 0 bridgehead atoms. The van der Waals surface area contributed by atoms with Crippen molar-refractivity contribution < 1.29 is 0 Å². The van der Waals surface area contributed by atoms with Gasteiger partial charge in [0.15, 0.2) is 0 Å². The zero-order chi connectivity index (χ0) is 16.3. The summed E-state index contributed by atoms with van der Waals surface area (Å²) in [4.78, 5) is 3.85. The van der Waals surface area contributed by atoms with Gasteiger partial charge in [-0.05, 0) is 24.9 Å². The van der Waals surface area contributed by atoms with Gasteiger partial charge in [0.1, 0.15) is 0 Å². The topological polar surface area (TPSA) is 41.1 Å². The smallest absolute Gasteiger partial charge is 0.226 e. The highest BCUT2D eigenvalue weighted by atomic mass is 32.1. The Morgan fingerprint density at radius 1 is 0.875 bits per heavy atom. The Morgan fingerprint density at radius 3 is 2.46 bits per heavy atom. The molecule has 0 fully saturated rings. The van der Waals surface area contributed by atoms with Gasteiger partial charge >= 0.3 is 0 Å². The predicted octanol–water partition coefficient (Wildman–Crippen LogP) is 5.65. The minimum absolute atomic E-state index is 0.154. The van der Waals surface area contributed by atoms with E-state index >= 15 is 0 Å². The molecule has 0 aliphatic carbocycles. The monoisotopic (exact) mass is 327 g/mol. The van der Waals surface area contributed by atoms with Gasteiger partial charge in [0.25, 0.3) is 0 Å². The highest BCUT2D eigenvalue weighted by Crippen LogP contribution is 2.42. The van der Waals surface area contributed by atoms with Gasteiger partial charge in [-0.15, -0.1) is 11.3 Å². The highest BCUT2D eigenvalue weighted by Gasteiger charge is 2.17. The molecule has 0 aliphatic rings. The summed E-state index contributed by atoms with van der Waals surface area (Å²) in [6, 6.07) is 20.9. The van der Waals surface area contributed by atoms with Crippen molar-refractivity contribution in [1.29, 1.82) is 5.41 Å². The molecule has 0 spiro atoms. The van der Waals surface area contributed by atoms with Crippen molar-refractivity contribution in [2.45, 2.75) is 0 Å². The fourth-order valence-electron chi connectivity index (χ4n) is 3.53.